The molecule has 0 aliphatic heterocycles. The van der Waals surface area contributed by atoms with Crippen molar-refractivity contribution >= 4 is 0 Å². The van der Waals surface area contributed by atoms with Crippen molar-refractivity contribution in [3.63, 3.8) is 0 Å². The number of hydrogen-bond donors (Lipinski definition) is 1. The van der Waals surface area contributed by atoms with Crippen LogP contribution in [0.5, 0.6) is 0 Å². The van der Waals surface area contributed by atoms with Crippen molar-refractivity contribution in [3.8, 4) is 0 Å². The third-order valence-corrected chi connectivity index (χ3v) is 2.68. The molecule has 0 radical (unpaired) electrons. The topological polar surface area (TPSA) is 20.2 Å². The molecule has 0 saturated carbocycles. The highest BCUT2D eigenvalue weighted by Gasteiger charge is 2.22. The van der Waals surface area contributed by atoms with E-state index in [-0.39, 0.29) is 12.0 Å². The van der Waals surface area contributed by atoms with E-state index in [1.165, 1.54) is 11.1 Å². The summed E-state index contributed by atoms with van der Waals surface area (Å²) in [5.74, 6) is 0.209. The highest BCUT2D eigenvalue weighted by molar-refractivity contribution is 5.34. The molecule has 1 aliphatic rings. The summed E-state index contributed by atoms with van der Waals surface area (Å²) in [6.07, 6.45) is 4.73. The Hall–Kier alpha value is -1.08. The van der Waals surface area contributed by atoms with Gasteiger partial charge in [0.2, 0.25) is 0 Å². The summed E-state index contributed by atoms with van der Waals surface area (Å²) in [5, 5.41) is 9.70. The van der Waals surface area contributed by atoms with E-state index in [0.717, 1.165) is 6.42 Å². The summed E-state index contributed by atoms with van der Waals surface area (Å²) < 4.78 is 0. The van der Waals surface area contributed by atoms with Crippen molar-refractivity contribution in [2.45, 2.75) is 25.4 Å². The molecule has 0 heterocycles. The molecule has 0 unspecified atom stereocenters. The van der Waals surface area contributed by atoms with Gasteiger partial charge >= 0.3 is 0 Å². The van der Waals surface area contributed by atoms with Crippen molar-refractivity contribution in [2.24, 2.45) is 0 Å². The molecule has 0 bridgehead atoms. The lowest BCUT2D eigenvalue weighted by Gasteiger charge is -2.16. The first kappa shape index (κ1) is 8.52. The maximum absolute atomic E-state index is 9.70. The molecule has 1 aromatic carbocycles. The molecule has 13 heavy (non-hydrogen) atoms. The molecule has 2 atom stereocenters. The minimum absolute atomic E-state index is 0.209. The Labute approximate surface area is 78.7 Å². The Bertz CT molecular complexity index is 328. The third-order valence-electron chi connectivity index (χ3n) is 2.68. The minimum atomic E-state index is -0.221. The van der Waals surface area contributed by atoms with Crippen LogP contribution in [0.1, 0.15) is 23.5 Å². The monoisotopic (exact) mass is 174 g/mol. The molecule has 0 saturated heterocycles. The Kier molecular flexibility index (Phi) is 2.19. The second-order valence-corrected chi connectivity index (χ2v) is 3.61. The molecule has 68 valence electrons. The first-order valence-electron chi connectivity index (χ1n) is 4.69. The van der Waals surface area contributed by atoms with Crippen LogP contribution in [-0.4, -0.2) is 11.2 Å². The number of hydrogen-bond acceptors (Lipinski definition) is 1. The van der Waals surface area contributed by atoms with Gasteiger partial charge in [0.05, 0.1) is 6.10 Å². The fourth-order valence-electron chi connectivity index (χ4n) is 1.91. The first-order chi connectivity index (χ1) is 6.29. The molecule has 1 aliphatic carbocycles. The SMILES string of the molecule is Cc1ccccc1[C@@H]1C=CC[C@@H]1O. The van der Waals surface area contributed by atoms with Gasteiger partial charge in [0.15, 0.2) is 0 Å². The fraction of sp³-hybridized carbons (Fsp3) is 0.333. The number of rotatable bonds is 1. The molecule has 1 nitrogen and oxygen atoms in total. The van der Waals surface area contributed by atoms with E-state index < -0.39 is 0 Å². The van der Waals surface area contributed by atoms with Gasteiger partial charge in [-0.25, -0.2) is 0 Å². The molecule has 1 aromatic rings. The third kappa shape index (κ3) is 1.52. The van der Waals surface area contributed by atoms with Crippen LogP contribution in [0.15, 0.2) is 36.4 Å². The van der Waals surface area contributed by atoms with E-state index in [9.17, 15) is 5.11 Å². The molecule has 2 rings (SSSR count). The minimum Gasteiger partial charge on any atom is -0.392 e. The Morgan fingerprint density at radius 2 is 2.08 bits per heavy atom. The summed E-state index contributed by atoms with van der Waals surface area (Å²) >= 11 is 0. The van der Waals surface area contributed by atoms with Gasteiger partial charge in [-0.1, -0.05) is 36.4 Å². The maximum atomic E-state index is 9.70. The second-order valence-electron chi connectivity index (χ2n) is 3.61. The maximum Gasteiger partial charge on any atom is 0.0677 e. The Morgan fingerprint density at radius 3 is 2.69 bits per heavy atom. The van der Waals surface area contributed by atoms with Gasteiger partial charge in [-0.15, -0.1) is 0 Å². The average Bonchev–Trinajstić information content (AvgIpc) is 2.52. The second kappa shape index (κ2) is 3.35. The van der Waals surface area contributed by atoms with E-state index in [2.05, 4.69) is 31.2 Å². The first-order valence-corrected chi connectivity index (χ1v) is 4.69. The van der Waals surface area contributed by atoms with Crippen LogP contribution < -0.4 is 0 Å². The number of aliphatic hydroxyl groups excluding tert-OH is 1. The van der Waals surface area contributed by atoms with Crippen molar-refractivity contribution in [3.05, 3.63) is 47.5 Å². The lowest BCUT2D eigenvalue weighted by Crippen LogP contribution is -2.12. The van der Waals surface area contributed by atoms with Gasteiger partial charge in [0, 0.05) is 5.92 Å². The standard InChI is InChI=1S/C12H14O/c1-9-5-2-3-6-10(9)11-7-4-8-12(11)13/h2-7,11-13H,8H2,1H3/t11-,12-/m0/s1. The van der Waals surface area contributed by atoms with Gasteiger partial charge < -0.3 is 5.11 Å². The summed E-state index contributed by atoms with van der Waals surface area (Å²) in [7, 11) is 0. The number of aliphatic hydroxyl groups is 1. The molecule has 0 amide bonds. The van der Waals surface area contributed by atoms with E-state index in [1.54, 1.807) is 0 Å². The molecule has 1 heteroatoms. The molecule has 0 aromatic heterocycles. The average molecular weight is 174 g/mol. The van der Waals surface area contributed by atoms with E-state index in [4.69, 9.17) is 0 Å². The van der Waals surface area contributed by atoms with Crippen molar-refractivity contribution in [1.29, 1.82) is 0 Å². The van der Waals surface area contributed by atoms with Crippen molar-refractivity contribution in [2.75, 3.05) is 0 Å². The van der Waals surface area contributed by atoms with Crippen LogP contribution in [0.4, 0.5) is 0 Å². The van der Waals surface area contributed by atoms with Gasteiger partial charge in [0.25, 0.3) is 0 Å². The summed E-state index contributed by atoms with van der Waals surface area (Å²) in [6.45, 7) is 2.09. The van der Waals surface area contributed by atoms with E-state index in [0.29, 0.717) is 0 Å². The smallest absolute Gasteiger partial charge is 0.0677 e. The predicted octanol–water partition coefficient (Wildman–Crippen LogP) is 2.40. The lowest BCUT2D eigenvalue weighted by molar-refractivity contribution is 0.171. The van der Waals surface area contributed by atoms with Crippen LogP contribution in [0, 0.1) is 6.92 Å². The zero-order valence-corrected chi connectivity index (χ0v) is 7.77. The van der Waals surface area contributed by atoms with Crippen LogP contribution in [0.2, 0.25) is 0 Å². The largest absolute Gasteiger partial charge is 0.392 e. The van der Waals surface area contributed by atoms with Crippen LogP contribution in [0.3, 0.4) is 0 Å². The zero-order chi connectivity index (χ0) is 9.26. The van der Waals surface area contributed by atoms with Gasteiger partial charge in [-0.3, -0.25) is 0 Å². The van der Waals surface area contributed by atoms with Gasteiger partial charge in [-0.05, 0) is 24.5 Å². The fourth-order valence-corrected chi connectivity index (χ4v) is 1.91. The number of aryl methyl sites for hydroxylation is 1. The quantitative estimate of drug-likeness (QED) is 0.648. The normalized spacial score (nSPS) is 26.6. The zero-order valence-electron chi connectivity index (χ0n) is 7.77. The highest BCUT2D eigenvalue weighted by atomic mass is 16.3. The Morgan fingerprint density at radius 1 is 1.31 bits per heavy atom. The van der Waals surface area contributed by atoms with Gasteiger partial charge in [-0.2, -0.15) is 0 Å². The molecule has 0 fully saturated rings. The predicted molar refractivity (Wildman–Crippen MR) is 53.7 cm³/mol. The van der Waals surface area contributed by atoms with E-state index >= 15 is 0 Å². The van der Waals surface area contributed by atoms with Crippen molar-refractivity contribution in [1.82, 2.24) is 0 Å². The van der Waals surface area contributed by atoms with Crippen LogP contribution >= 0.6 is 0 Å². The summed E-state index contributed by atoms with van der Waals surface area (Å²) in [4.78, 5) is 0. The molecule has 0 spiro atoms. The van der Waals surface area contributed by atoms with Crippen LogP contribution in [0.25, 0.3) is 0 Å². The van der Waals surface area contributed by atoms with E-state index in [1.807, 2.05) is 12.1 Å². The molecular weight excluding hydrogens is 160 g/mol. The summed E-state index contributed by atoms with van der Waals surface area (Å²) in [5.41, 5.74) is 2.52. The Balaban J connectivity index is 2.35. The summed E-state index contributed by atoms with van der Waals surface area (Å²) in [6, 6.07) is 8.25. The van der Waals surface area contributed by atoms with Gasteiger partial charge in [0.1, 0.15) is 0 Å². The number of benzene rings is 1. The van der Waals surface area contributed by atoms with Crippen molar-refractivity contribution < 1.29 is 5.11 Å². The van der Waals surface area contributed by atoms with Crippen LogP contribution in [-0.2, 0) is 0 Å². The molecule has 1 N–H and O–H groups in total. The molecular formula is C12H14O. The highest BCUT2D eigenvalue weighted by Crippen LogP contribution is 2.30. The lowest BCUT2D eigenvalue weighted by atomic mass is 9.93.